The maximum atomic E-state index is 13.1. The van der Waals surface area contributed by atoms with E-state index in [1.165, 1.54) is 12.1 Å². The molecule has 0 aliphatic heterocycles. The third-order valence-corrected chi connectivity index (χ3v) is 7.28. The molecule has 3 aromatic rings. The van der Waals surface area contributed by atoms with Crippen LogP contribution in [-0.2, 0) is 4.74 Å². The molecule has 7 heteroatoms. The summed E-state index contributed by atoms with van der Waals surface area (Å²) in [7, 11) is 3.66. The van der Waals surface area contributed by atoms with Crippen molar-refractivity contribution in [3.05, 3.63) is 93.6 Å². The highest BCUT2D eigenvalue weighted by Crippen LogP contribution is 2.23. The van der Waals surface area contributed by atoms with Crippen molar-refractivity contribution in [2.24, 2.45) is 5.92 Å². The van der Waals surface area contributed by atoms with Crippen molar-refractivity contribution in [3.8, 4) is 11.5 Å². The Morgan fingerprint density at radius 3 is 2.33 bits per heavy atom. The molecule has 1 atom stereocenters. The number of amides is 1. The van der Waals surface area contributed by atoms with Crippen molar-refractivity contribution in [2.45, 2.75) is 46.0 Å². The molecule has 1 amide bonds. The minimum atomic E-state index is -0.318. The Labute approximate surface area is 248 Å². The fourth-order valence-electron chi connectivity index (χ4n) is 5.03. The lowest BCUT2D eigenvalue weighted by Gasteiger charge is -2.23. The zero-order valence-electron chi connectivity index (χ0n) is 25.3. The van der Waals surface area contributed by atoms with Crippen LogP contribution in [0.25, 0.3) is 12.8 Å². The molecule has 1 N–H and O–H groups in total. The summed E-state index contributed by atoms with van der Waals surface area (Å²) in [4.78, 5) is 27.7. The Balaban J connectivity index is 1.56. The van der Waals surface area contributed by atoms with Crippen LogP contribution in [0.15, 0.2) is 60.7 Å². The maximum Gasteiger partial charge on any atom is 0.251 e. The second kappa shape index (κ2) is 16.5. The average molecular weight is 575 g/mol. The lowest BCUT2D eigenvalue weighted by Crippen LogP contribution is -2.35. The zero-order chi connectivity index (χ0) is 30.5. The number of halogens is 1. The molecule has 0 saturated heterocycles. The number of nitrogens with zero attached hydrogens (tertiary/aromatic N) is 1. The highest BCUT2D eigenvalue weighted by atomic mass is 19.1. The number of ether oxygens (including phenoxy) is 2. The van der Waals surface area contributed by atoms with Gasteiger partial charge in [0.15, 0.2) is 5.78 Å². The molecular weight excluding hydrogens is 531 g/mol. The topological polar surface area (TPSA) is 67.9 Å². The van der Waals surface area contributed by atoms with Gasteiger partial charge in [0.1, 0.15) is 17.3 Å². The number of ketones is 1. The standard InChI is InChI=1S/C35H43FN2O4/c1-6-8-27(23-38(4)24-33-25(2)11-20-32(26(33)3)35(40)37-21-22-41-5)9-7-10-34(39)28-12-16-30(17-13-28)42-31-18-14-29(36)15-19-31/h11-20,24,27H,2,6-10,21-23H2,1,3-5H3,(H,37,40)/b33-24+. The van der Waals surface area contributed by atoms with E-state index in [2.05, 4.69) is 29.9 Å². The number of methoxy groups -OCH3 is 1. The summed E-state index contributed by atoms with van der Waals surface area (Å²) >= 11 is 0. The van der Waals surface area contributed by atoms with Gasteiger partial charge in [-0.1, -0.05) is 26.0 Å². The molecule has 0 aliphatic rings. The largest absolute Gasteiger partial charge is 0.457 e. The van der Waals surface area contributed by atoms with Crippen LogP contribution in [0.4, 0.5) is 4.39 Å². The highest BCUT2D eigenvalue weighted by Gasteiger charge is 2.14. The van der Waals surface area contributed by atoms with E-state index in [9.17, 15) is 14.0 Å². The average Bonchev–Trinajstić information content (AvgIpc) is 2.97. The quantitative estimate of drug-likeness (QED) is 0.172. The summed E-state index contributed by atoms with van der Waals surface area (Å²) in [6.07, 6.45) is 6.45. The first-order valence-electron chi connectivity index (χ1n) is 14.6. The molecule has 1 unspecified atom stereocenters. The summed E-state index contributed by atoms with van der Waals surface area (Å²) in [5, 5.41) is 4.72. The number of rotatable bonds is 16. The zero-order valence-corrected chi connectivity index (χ0v) is 25.3. The van der Waals surface area contributed by atoms with Gasteiger partial charge in [0.2, 0.25) is 0 Å². The van der Waals surface area contributed by atoms with Crippen molar-refractivity contribution in [1.82, 2.24) is 10.2 Å². The summed E-state index contributed by atoms with van der Waals surface area (Å²) in [5.41, 5.74) is 2.19. The predicted molar refractivity (Wildman–Crippen MR) is 167 cm³/mol. The third-order valence-electron chi connectivity index (χ3n) is 7.28. The van der Waals surface area contributed by atoms with E-state index in [0.717, 1.165) is 48.2 Å². The summed E-state index contributed by atoms with van der Waals surface area (Å²) in [6.45, 7) is 10.1. The molecule has 0 saturated carbocycles. The lowest BCUT2D eigenvalue weighted by molar-refractivity contribution is 0.0935. The molecule has 0 aliphatic carbocycles. The Kier molecular flexibility index (Phi) is 12.8. The van der Waals surface area contributed by atoms with E-state index in [4.69, 9.17) is 9.47 Å². The number of carbonyl (C=O) groups is 2. The van der Waals surface area contributed by atoms with Gasteiger partial charge in [0, 0.05) is 56.2 Å². The first-order chi connectivity index (χ1) is 20.2. The molecular formula is C35H43FN2O4. The van der Waals surface area contributed by atoms with E-state index in [1.54, 1.807) is 43.5 Å². The molecule has 0 aromatic heterocycles. The van der Waals surface area contributed by atoms with Crippen LogP contribution in [0.2, 0.25) is 0 Å². The first kappa shape index (κ1) is 32.5. The smallest absolute Gasteiger partial charge is 0.251 e. The van der Waals surface area contributed by atoms with E-state index < -0.39 is 0 Å². The Bertz CT molecular complexity index is 1420. The first-order valence-corrected chi connectivity index (χ1v) is 14.6. The van der Waals surface area contributed by atoms with Gasteiger partial charge in [-0.2, -0.15) is 0 Å². The van der Waals surface area contributed by atoms with E-state index >= 15 is 0 Å². The minimum Gasteiger partial charge on any atom is -0.457 e. The summed E-state index contributed by atoms with van der Waals surface area (Å²) < 4.78 is 23.9. The summed E-state index contributed by atoms with van der Waals surface area (Å²) in [6, 6.07) is 16.6. The van der Waals surface area contributed by atoms with Gasteiger partial charge in [-0.15, -0.1) is 0 Å². The van der Waals surface area contributed by atoms with E-state index in [0.29, 0.717) is 48.1 Å². The van der Waals surface area contributed by atoms with Crippen molar-refractivity contribution >= 4 is 24.5 Å². The van der Waals surface area contributed by atoms with Crippen LogP contribution in [-0.4, -0.2) is 50.4 Å². The van der Waals surface area contributed by atoms with Crippen LogP contribution >= 0.6 is 0 Å². The Morgan fingerprint density at radius 1 is 1.02 bits per heavy atom. The van der Waals surface area contributed by atoms with Gasteiger partial charge in [0.25, 0.3) is 5.91 Å². The maximum absolute atomic E-state index is 13.1. The molecule has 3 rings (SSSR count). The predicted octanol–water partition coefficient (Wildman–Crippen LogP) is 5.85. The number of benzene rings is 3. The molecule has 0 spiro atoms. The monoisotopic (exact) mass is 574 g/mol. The number of carbonyl (C=O) groups excluding carboxylic acids is 2. The van der Waals surface area contributed by atoms with Crippen molar-refractivity contribution in [3.63, 3.8) is 0 Å². The number of Topliss-reactive ketones (excluding diaryl/α,β-unsaturated/α-hetero) is 1. The molecule has 0 heterocycles. The Morgan fingerprint density at radius 2 is 1.69 bits per heavy atom. The minimum absolute atomic E-state index is 0.108. The van der Waals surface area contributed by atoms with Gasteiger partial charge in [-0.25, -0.2) is 4.39 Å². The molecule has 0 radical (unpaired) electrons. The van der Waals surface area contributed by atoms with Crippen LogP contribution in [0.1, 0.15) is 65.3 Å². The fourth-order valence-corrected chi connectivity index (χ4v) is 5.03. The van der Waals surface area contributed by atoms with Crippen LogP contribution in [0.3, 0.4) is 0 Å². The number of nitrogens with one attached hydrogen (secondary N) is 1. The SMILES string of the molecule is C=c1ccc(C(=O)NCCOC)c(C)/c1=C/N(C)CC(CCC)CCCC(=O)c1ccc(Oc2ccc(F)cc2)cc1. The van der Waals surface area contributed by atoms with Crippen LogP contribution in [0, 0.1) is 18.7 Å². The van der Waals surface area contributed by atoms with Gasteiger partial charge in [-0.3, -0.25) is 9.59 Å². The summed E-state index contributed by atoms with van der Waals surface area (Å²) in [5.74, 6) is 1.24. The third kappa shape index (κ3) is 9.84. The second-order valence-corrected chi connectivity index (χ2v) is 10.7. The van der Waals surface area contributed by atoms with Gasteiger partial charge < -0.3 is 19.7 Å². The van der Waals surface area contributed by atoms with E-state index in [-0.39, 0.29) is 17.5 Å². The van der Waals surface area contributed by atoms with Crippen molar-refractivity contribution in [2.75, 3.05) is 33.9 Å². The van der Waals surface area contributed by atoms with Gasteiger partial charge in [0.05, 0.1) is 6.61 Å². The molecule has 6 nitrogen and oxygen atoms in total. The normalized spacial score (nSPS) is 12.2. The van der Waals surface area contributed by atoms with E-state index in [1.807, 2.05) is 26.1 Å². The highest BCUT2D eigenvalue weighted by molar-refractivity contribution is 5.96. The van der Waals surface area contributed by atoms with Crippen LogP contribution < -0.4 is 20.5 Å². The molecule has 42 heavy (non-hydrogen) atoms. The van der Waals surface area contributed by atoms with Gasteiger partial charge in [-0.05, 0) is 97.5 Å². The van der Waals surface area contributed by atoms with Gasteiger partial charge >= 0.3 is 0 Å². The molecule has 0 bridgehead atoms. The Hall–Kier alpha value is -3.97. The number of hydrogen-bond donors (Lipinski definition) is 1. The number of hydrogen-bond acceptors (Lipinski definition) is 5. The lowest BCUT2D eigenvalue weighted by atomic mass is 9.94. The molecule has 0 fully saturated rings. The van der Waals surface area contributed by atoms with Crippen LogP contribution in [0.5, 0.6) is 11.5 Å². The molecule has 3 aromatic carbocycles. The van der Waals surface area contributed by atoms with Crippen molar-refractivity contribution in [1.29, 1.82) is 0 Å². The fraction of sp³-hybridized carbons (Fsp3) is 0.371. The second-order valence-electron chi connectivity index (χ2n) is 10.7. The van der Waals surface area contributed by atoms with Crippen molar-refractivity contribution < 1.29 is 23.5 Å². The molecule has 224 valence electrons.